The molecule has 0 aliphatic heterocycles. The summed E-state index contributed by atoms with van der Waals surface area (Å²) in [6.07, 6.45) is 32.9. The zero-order chi connectivity index (χ0) is 37.3. The molecule has 0 aromatic carbocycles. The van der Waals surface area contributed by atoms with E-state index in [1.54, 1.807) is 6.08 Å². The van der Waals surface area contributed by atoms with Crippen LogP contribution in [0.1, 0.15) is 152 Å². The summed E-state index contributed by atoms with van der Waals surface area (Å²) < 4.78 is 30.5. The first-order valence-electron chi connectivity index (χ1n) is 17.9. The van der Waals surface area contributed by atoms with E-state index in [4.69, 9.17) is 9.79 Å². The summed E-state index contributed by atoms with van der Waals surface area (Å²) in [6, 6.07) is 0. The van der Waals surface area contributed by atoms with Crippen molar-refractivity contribution < 1.29 is 32.6 Å². The highest BCUT2D eigenvalue weighted by Gasteiger charge is 2.31. The van der Waals surface area contributed by atoms with Crippen molar-refractivity contribution in [1.82, 2.24) is 0 Å². The molecule has 1 unspecified atom stereocenters. The summed E-state index contributed by atoms with van der Waals surface area (Å²) in [5, 5.41) is 0. The van der Waals surface area contributed by atoms with Gasteiger partial charge < -0.3 is 14.7 Å². The standard InChI is InChI=1S/C40H68O7P2/c1-33(2)17-10-18-34(3)19-11-20-35(4)21-12-22-36(5)23-13-24-37(6)25-14-26-38(7)27-15-28-39(8)29-16-30-40(9)31-32-46-49(44,45)47-48(41,42)43/h17,19,21,23,25,27,29,31H,10-16,18,20,22,24,26,28,30,32H2,1-9H3,(H,44,45)(H2,41,42,43)/b34-19+,35-21-,36-23+,37-25+,38-27+,39-29-,40-31+. The lowest BCUT2D eigenvalue weighted by molar-refractivity contribution is 0.191. The highest BCUT2D eigenvalue weighted by Crippen LogP contribution is 2.57. The lowest BCUT2D eigenvalue weighted by Crippen LogP contribution is -1.94. The third-order valence-corrected chi connectivity index (χ3v) is 10.3. The summed E-state index contributed by atoms with van der Waals surface area (Å²) in [5.74, 6) is 0. The monoisotopic (exact) mass is 722 g/mol. The Morgan fingerprint density at radius 2 is 0.673 bits per heavy atom. The summed E-state index contributed by atoms with van der Waals surface area (Å²) >= 11 is 0. The average Bonchev–Trinajstić information content (AvgIpc) is 2.95. The van der Waals surface area contributed by atoms with Gasteiger partial charge in [0, 0.05) is 0 Å². The molecule has 3 N–H and O–H groups in total. The third-order valence-electron chi connectivity index (χ3n) is 8.16. The van der Waals surface area contributed by atoms with Gasteiger partial charge in [0.2, 0.25) is 0 Å². The zero-order valence-electron chi connectivity index (χ0n) is 32.1. The van der Waals surface area contributed by atoms with E-state index in [1.807, 2.05) is 6.92 Å². The second kappa shape index (κ2) is 26.9. The number of phosphoric ester groups is 1. The molecule has 0 spiro atoms. The van der Waals surface area contributed by atoms with Gasteiger partial charge in [-0.1, -0.05) is 93.2 Å². The number of rotatable bonds is 26. The van der Waals surface area contributed by atoms with Crippen molar-refractivity contribution in [2.24, 2.45) is 0 Å². The molecule has 0 saturated carbocycles. The normalized spacial score (nSPS) is 15.9. The first kappa shape index (κ1) is 47.2. The average molecular weight is 723 g/mol. The Labute approximate surface area is 299 Å². The zero-order valence-corrected chi connectivity index (χ0v) is 33.9. The van der Waals surface area contributed by atoms with Crippen molar-refractivity contribution in [3.63, 3.8) is 0 Å². The number of allylic oxidation sites excluding steroid dienone is 15. The van der Waals surface area contributed by atoms with Crippen LogP contribution >= 0.6 is 15.6 Å². The molecule has 0 rings (SSSR count). The second-order valence-electron chi connectivity index (χ2n) is 13.7. The third kappa shape index (κ3) is 31.9. The minimum Gasteiger partial charge on any atom is -0.302 e. The van der Waals surface area contributed by atoms with Gasteiger partial charge in [-0.05, 0) is 152 Å². The molecule has 0 aliphatic carbocycles. The van der Waals surface area contributed by atoms with Gasteiger partial charge in [-0.25, -0.2) is 9.13 Å². The van der Waals surface area contributed by atoms with E-state index in [2.05, 4.69) is 107 Å². The molecule has 0 aromatic heterocycles. The Morgan fingerprint density at radius 3 is 0.918 bits per heavy atom. The molecule has 0 amide bonds. The predicted molar refractivity (Wildman–Crippen MR) is 209 cm³/mol. The van der Waals surface area contributed by atoms with Crippen molar-refractivity contribution >= 4 is 15.6 Å². The summed E-state index contributed by atoms with van der Waals surface area (Å²) in [6.45, 7) is 19.3. The molecule has 0 aromatic rings. The molecule has 0 radical (unpaired) electrons. The maximum absolute atomic E-state index is 11.5. The van der Waals surface area contributed by atoms with Gasteiger partial charge in [0.25, 0.3) is 0 Å². The van der Waals surface area contributed by atoms with Gasteiger partial charge in [-0.15, -0.1) is 0 Å². The van der Waals surface area contributed by atoms with E-state index in [1.165, 1.54) is 45.4 Å². The molecule has 0 saturated heterocycles. The topological polar surface area (TPSA) is 113 Å². The first-order chi connectivity index (χ1) is 22.9. The quantitative estimate of drug-likeness (QED) is 0.0601. The summed E-state index contributed by atoms with van der Waals surface area (Å²) in [7, 11) is -9.90. The molecular weight excluding hydrogens is 654 g/mol. The van der Waals surface area contributed by atoms with Crippen LogP contribution in [0.25, 0.3) is 0 Å². The largest absolute Gasteiger partial charge is 0.481 e. The first-order valence-corrected chi connectivity index (χ1v) is 20.9. The highest BCUT2D eigenvalue weighted by atomic mass is 31.3. The molecule has 280 valence electrons. The summed E-state index contributed by atoms with van der Waals surface area (Å²) in [4.78, 5) is 26.6. The van der Waals surface area contributed by atoms with Crippen molar-refractivity contribution in [1.29, 1.82) is 0 Å². The molecule has 7 nitrogen and oxygen atoms in total. The lowest BCUT2D eigenvalue weighted by Gasteiger charge is -2.11. The Kier molecular flexibility index (Phi) is 25.9. The number of phosphoric acid groups is 2. The molecule has 9 heteroatoms. The molecule has 0 aliphatic rings. The van der Waals surface area contributed by atoms with Crippen LogP contribution in [0.2, 0.25) is 0 Å². The highest BCUT2D eigenvalue weighted by molar-refractivity contribution is 7.60. The van der Waals surface area contributed by atoms with E-state index < -0.39 is 15.6 Å². The van der Waals surface area contributed by atoms with Gasteiger partial charge in [-0.2, -0.15) is 4.31 Å². The number of hydrogen-bond donors (Lipinski definition) is 3. The minimum atomic E-state index is -5.10. The Bertz CT molecular complexity index is 1320. The van der Waals surface area contributed by atoms with E-state index >= 15 is 0 Å². The van der Waals surface area contributed by atoms with Crippen LogP contribution in [0.15, 0.2) is 93.2 Å². The fourth-order valence-electron chi connectivity index (χ4n) is 5.01. The van der Waals surface area contributed by atoms with Crippen LogP contribution in [-0.4, -0.2) is 21.3 Å². The van der Waals surface area contributed by atoms with E-state index in [-0.39, 0.29) is 6.61 Å². The van der Waals surface area contributed by atoms with E-state index in [0.29, 0.717) is 0 Å². The van der Waals surface area contributed by atoms with Gasteiger partial charge in [0.1, 0.15) is 0 Å². The lowest BCUT2D eigenvalue weighted by atomic mass is 10.0. The molecule has 49 heavy (non-hydrogen) atoms. The van der Waals surface area contributed by atoms with Crippen LogP contribution < -0.4 is 0 Å². The maximum Gasteiger partial charge on any atom is 0.481 e. The molecule has 0 bridgehead atoms. The Morgan fingerprint density at radius 1 is 0.429 bits per heavy atom. The second-order valence-corrected chi connectivity index (χ2v) is 16.6. The fourth-order valence-corrected chi connectivity index (χ4v) is 6.54. The van der Waals surface area contributed by atoms with Crippen molar-refractivity contribution in [3.05, 3.63) is 93.2 Å². The number of hydrogen-bond acceptors (Lipinski definition) is 4. The molecule has 0 fully saturated rings. The molecule has 0 heterocycles. The van der Waals surface area contributed by atoms with Gasteiger partial charge in [-0.3, -0.25) is 4.52 Å². The van der Waals surface area contributed by atoms with Gasteiger partial charge >= 0.3 is 15.6 Å². The fraction of sp³-hybridized carbons (Fsp3) is 0.600. The Hall–Kier alpha value is -1.82. The summed E-state index contributed by atoms with van der Waals surface area (Å²) in [5.41, 5.74) is 11.0. The van der Waals surface area contributed by atoms with Crippen LogP contribution in [-0.2, 0) is 18.0 Å². The van der Waals surface area contributed by atoms with Crippen molar-refractivity contribution in [3.8, 4) is 0 Å². The van der Waals surface area contributed by atoms with Crippen molar-refractivity contribution in [2.45, 2.75) is 152 Å². The van der Waals surface area contributed by atoms with Crippen LogP contribution in [0.3, 0.4) is 0 Å². The van der Waals surface area contributed by atoms with E-state index in [9.17, 15) is 14.0 Å². The maximum atomic E-state index is 11.5. The SMILES string of the molecule is CC(C)=CCC/C(C)=C/CC/C(C)=C\CC/C(C)=C/CC/C(C)=C/CC/C(C)=C/CC/C(C)=C\CC/C(C)=C/COP(=O)(O)OP(=O)(O)O. The molecular formula is C40H68O7P2. The van der Waals surface area contributed by atoms with E-state index in [0.717, 1.165) is 89.0 Å². The predicted octanol–water partition coefficient (Wildman–Crippen LogP) is 13.3. The van der Waals surface area contributed by atoms with Gasteiger partial charge in [0.15, 0.2) is 0 Å². The molecule has 1 atom stereocenters. The van der Waals surface area contributed by atoms with Crippen LogP contribution in [0.5, 0.6) is 0 Å². The smallest absolute Gasteiger partial charge is 0.302 e. The Balaban J connectivity index is 4.28. The van der Waals surface area contributed by atoms with Crippen LogP contribution in [0.4, 0.5) is 0 Å². The van der Waals surface area contributed by atoms with Crippen molar-refractivity contribution in [2.75, 3.05) is 6.61 Å². The van der Waals surface area contributed by atoms with Crippen LogP contribution in [0, 0.1) is 0 Å². The minimum absolute atomic E-state index is 0.272. The van der Waals surface area contributed by atoms with Gasteiger partial charge in [0.05, 0.1) is 6.61 Å².